The van der Waals surface area contributed by atoms with Gasteiger partial charge in [0.2, 0.25) is 5.91 Å². The van der Waals surface area contributed by atoms with E-state index < -0.39 is 22.9 Å². The molecule has 1 aromatic heterocycles. The van der Waals surface area contributed by atoms with Gasteiger partial charge in [0.1, 0.15) is 13.1 Å². The number of rotatable bonds is 8. The zero-order valence-electron chi connectivity index (χ0n) is 19.8. The lowest BCUT2D eigenvalue weighted by Gasteiger charge is -2.24. The van der Waals surface area contributed by atoms with Crippen LogP contribution in [0.4, 0.5) is 18.9 Å². The highest BCUT2D eigenvalue weighted by molar-refractivity contribution is 8.00. The van der Waals surface area contributed by atoms with Crippen molar-refractivity contribution >= 4 is 34.3 Å². The Labute approximate surface area is 210 Å². The Morgan fingerprint density at radius 1 is 1.17 bits per heavy atom. The number of alkyl halides is 3. The van der Waals surface area contributed by atoms with Crippen LogP contribution in [0.3, 0.4) is 0 Å². The lowest BCUT2D eigenvalue weighted by Crippen LogP contribution is -3.14. The number of benzene rings is 2. The largest absolute Gasteiger partial charge is 0.416 e. The van der Waals surface area contributed by atoms with Crippen molar-refractivity contribution in [2.24, 2.45) is 0 Å². The summed E-state index contributed by atoms with van der Waals surface area (Å²) < 4.78 is 45.4. The fourth-order valence-electron chi connectivity index (χ4n) is 4.03. The van der Waals surface area contributed by atoms with Gasteiger partial charge in [0.25, 0.3) is 5.56 Å². The van der Waals surface area contributed by atoms with Gasteiger partial charge >= 0.3 is 6.18 Å². The van der Waals surface area contributed by atoms with E-state index in [-0.39, 0.29) is 11.2 Å². The lowest BCUT2D eigenvalue weighted by atomic mass is 10.2. The Morgan fingerprint density at radius 3 is 2.56 bits per heavy atom. The molecule has 0 spiro atoms. The third-order valence-electron chi connectivity index (χ3n) is 6.07. The summed E-state index contributed by atoms with van der Waals surface area (Å²) >= 11 is 1.15. The zero-order valence-corrected chi connectivity index (χ0v) is 20.6. The number of hydrogen-bond donors (Lipinski definition) is 2. The van der Waals surface area contributed by atoms with Crippen molar-refractivity contribution in [3.05, 3.63) is 64.4 Å². The van der Waals surface area contributed by atoms with E-state index in [1.54, 1.807) is 35.8 Å². The van der Waals surface area contributed by atoms with E-state index in [0.717, 1.165) is 63.2 Å². The molecule has 4 rings (SSSR count). The molecule has 1 fully saturated rings. The molecule has 3 aromatic rings. The smallest absolute Gasteiger partial charge is 0.370 e. The predicted molar refractivity (Wildman–Crippen MR) is 132 cm³/mol. The first-order valence-electron chi connectivity index (χ1n) is 11.8. The van der Waals surface area contributed by atoms with E-state index in [4.69, 9.17) is 4.74 Å². The number of quaternary nitrogens is 1. The molecule has 1 aliphatic rings. The average molecular weight is 522 g/mol. The number of nitrogens with zero attached hydrogens (tertiary/aromatic N) is 2. The van der Waals surface area contributed by atoms with Gasteiger partial charge < -0.3 is 15.0 Å². The molecule has 0 saturated carbocycles. The zero-order chi connectivity index (χ0) is 25.7. The number of morpholine rings is 1. The normalized spacial score (nSPS) is 15.7. The highest BCUT2D eigenvalue weighted by Gasteiger charge is 2.30. The summed E-state index contributed by atoms with van der Waals surface area (Å²) in [6.07, 6.45) is -3.67. The van der Waals surface area contributed by atoms with E-state index in [1.165, 1.54) is 17.0 Å². The fraction of sp³-hybridized carbons (Fsp3) is 0.400. The second-order valence-corrected chi connectivity index (χ2v) is 9.97. The summed E-state index contributed by atoms with van der Waals surface area (Å²) in [5.41, 5.74) is -0.130. The highest BCUT2D eigenvalue weighted by Crippen LogP contribution is 2.30. The third-order valence-corrected chi connectivity index (χ3v) is 7.16. The van der Waals surface area contributed by atoms with Crippen LogP contribution in [0.1, 0.15) is 18.9 Å². The predicted octanol–water partition coefficient (Wildman–Crippen LogP) is 2.84. The first-order chi connectivity index (χ1) is 17.2. The Bertz CT molecular complexity index is 1260. The van der Waals surface area contributed by atoms with Crippen LogP contribution in [-0.2, 0) is 22.3 Å². The molecule has 2 heterocycles. The first kappa shape index (κ1) is 26.2. The molecular formula is C25H28F3N4O3S+. The van der Waals surface area contributed by atoms with Gasteiger partial charge in [-0.25, -0.2) is 4.98 Å². The monoisotopic (exact) mass is 521 g/mol. The van der Waals surface area contributed by atoms with Gasteiger partial charge in [-0.1, -0.05) is 23.9 Å². The first-order valence-corrected chi connectivity index (χ1v) is 12.7. The second kappa shape index (κ2) is 11.4. The van der Waals surface area contributed by atoms with Crippen molar-refractivity contribution in [1.82, 2.24) is 9.55 Å². The molecule has 11 heteroatoms. The number of para-hydroxylation sites is 1. The topological polar surface area (TPSA) is 77.7 Å². The molecule has 1 amide bonds. The van der Waals surface area contributed by atoms with Crippen molar-refractivity contribution in [1.29, 1.82) is 0 Å². The van der Waals surface area contributed by atoms with Crippen LogP contribution in [0.2, 0.25) is 0 Å². The minimum absolute atomic E-state index is 0.157. The van der Waals surface area contributed by atoms with Gasteiger partial charge in [-0.05, 0) is 43.3 Å². The van der Waals surface area contributed by atoms with Gasteiger partial charge in [-0.3, -0.25) is 14.2 Å². The molecule has 1 saturated heterocycles. The summed E-state index contributed by atoms with van der Waals surface area (Å²) in [7, 11) is 0. The number of carbonyl (C=O) groups is 1. The number of carbonyl (C=O) groups excluding carboxylic acids is 1. The van der Waals surface area contributed by atoms with E-state index in [0.29, 0.717) is 22.6 Å². The molecule has 2 N–H and O–H groups in total. The molecule has 0 bridgehead atoms. The number of nitrogens with one attached hydrogen (secondary N) is 2. The van der Waals surface area contributed by atoms with E-state index in [9.17, 15) is 22.8 Å². The van der Waals surface area contributed by atoms with Crippen LogP contribution in [0.25, 0.3) is 10.9 Å². The second-order valence-electron chi connectivity index (χ2n) is 8.66. The Hall–Kier alpha value is -2.89. The summed E-state index contributed by atoms with van der Waals surface area (Å²) in [5, 5.41) is 2.95. The number of hydrogen-bond acceptors (Lipinski definition) is 5. The van der Waals surface area contributed by atoms with E-state index in [1.807, 2.05) is 0 Å². The maximum absolute atomic E-state index is 13.3. The molecule has 0 aliphatic carbocycles. The van der Waals surface area contributed by atoms with Crippen LogP contribution in [0, 0.1) is 0 Å². The maximum Gasteiger partial charge on any atom is 0.416 e. The Kier molecular flexibility index (Phi) is 8.32. The minimum atomic E-state index is -4.44. The summed E-state index contributed by atoms with van der Waals surface area (Å²) in [6, 6.07) is 11.4. The van der Waals surface area contributed by atoms with Gasteiger partial charge in [0.15, 0.2) is 5.16 Å². The Balaban J connectivity index is 1.49. The number of thioether (sulfide) groups is 1. The van der Waals surface area contributed by atoms with Crippen molar-refractivity contribution in [3.8, 4) is 0 Å². The quantitative estimate of drug-likeness (QED) is 0.352. The molecule has 2 aromatic carbocycles. The lowest BCUT2D eigenvalue weighted by molar-refractivity contribution is -0.908. The summed E-state index contributed by atoms with van der Waals surface area (Å²) in [5.74, 6) is -0.397. The molecule has 192 valence electrons. The molecule has 0 radical (unpaired) electrons. The van der Waals surface area contributed by atoms with Gasteiger partial charge in [-0.15, -0.1) is 0 Å². The molecule has 1 aliphatic heterocycles. The van der Waals surface area contributed by atoms with Gasteiger partial charge in [0, 0.05) is 18.7 Å². The van der Waals surface area contributed by atoms with E-state index in [2.05, 4.69) is 10.3 Å². The number of ether oxygens (including phenoxy) is 1. The van der Waals surface area contributed by atoms with Gasteiger partial charge in [0.05, 0.1) is 41.5 Å². The Morgan fingerprint density at radius 2 is 1.86 bits per heavy atom. The van der Waals surface area contributed by atoms with Crippen molar-refractivity contribution < 1.29 is 27.6 Å². The molecule has 7 nitrogen and oxygen atoms in total. The van der Waals surface area contributed by atoms with E-state index >= 15 is 0 Å². The van der Waals surface area contributed by atoms with Gasteiger partial charge in [-0.2, -0.15) is 13.2 Å². The van der Waals surface area contributed by atoms with Crippen molar-refractivity contribution in [2.75, 3.05) is 38.2 Å². The van der Waals surface area contributed by atoms with Crippen LogP contribution in [0.15, 0.2) is 58.5 Å². The van der Waals surface area contributed by atoms with Crippen molar-refractivity contribution in [2.45, 2.75) is 36.5 Å². The molecular weight excluding hydrogens is 493 g/mol. The highest BCUT2D eigenvalue weighted by atomic mass is 32.2. The number of anilines is 1. The summed E-state index contributed by atoms with van der Waals surface area (Å²) in [6.45, 7) is 6.39. The standard InChI is InChI=1S/C25H27F3N4O3S/c1-17(22(33)29-19-9-7-18(8-10-19)25(26,27)28)36-24-30-21-6-3-2-5-20(21)23(34)32(24)12-4-11-31-13-15-35-16-14-31/h2-3,5-10,17H,4,11-16H2,1H3,(H,29,33)/p+1/t17-/m0/s1. The van der Waals surface area contributed by atoms with Crippen LogP contribution in [-0.4, -0.2) is 53.6 Å². The SMILES string of the molecule is C[C@H](Sc1nc2ccccc2c(=O)n1CCC[NH+]1CCOCC1)C(=O)Nc1ccc(C(F)(F)F)cc1. The third kappa shape index (κ3) is 6.45. The molecule has 1 atom stereocenters. The fourth-order valence-corrected chi connectivity index (χ4v) is 4.96. The number of fused-ring (bicyclic) bond motifs is 1. The number of amides is 1. The molecule has 36 heavy (non-hydrogen) atoms. The molecule has 0 unspecified atom stereocenters. The number of aromatic nitrogens is 2. The van der Waals surface area contributed by atoms with Crippen LogP contribution in [0.5, 0.6) is 0 Å². The number of halogens is 3. The van der Waals surface area contributed by atoms with Crippen LogP contribution < -0.4 is 15.8 Å². The average Bonchev–Trinajstić information content (AvgIpc) is 2.86. The van der Waals surface area contributed by atoms with Crippen LogP contribution >= 0.6 is 11.8 Å². The van der Waals surface area contributed by atoms with Crippen molar-refractivity contribution in [3.63, 3.8) is 0 Å². The summed E-state index contributed by atoms with van der Waals surface area (Å²) in [4.78, 5) is 32.2. The minimum Gasteiger partial charge on any atom is -0.370 e. The maximum atomic E-state index is 13.3.